The van der Waals surface area contributed by atoms with E-state index in [1.165, 1.54) is 12.3 Å². The van der Waals surface area contributed by atoms with Crippen LogP contribution in [0.3, 0.4) is 0 Å². The molecule has 1 heterocycles. The zero-order valence-electron chi connectivity index (χ0n) is 11.1. The molecule has 2 atom stereocenters. The van der Waals surface area contributed by atoms with Crippen molar-refractivity contribution in [1.82, 2.24) is 4.98 Å². The molecule has 4 N–H and O–H groups in total. The summed E-state index contributed by atoms with van der Waals surface area (Å²) in [6.07, 6.45) is 3.57. The quantitative estimate of drug-likeness (QED) is 0.723. The number of nitrogens with zero attached hydrogens (tertiary/aromatic N) is 1. The highest BCUT2D eigenvalue weighted by Crippen LogP contribution is 2.22. The number of carboxylic acids is 1. The maximum atomic E-state index is 10.9. The van der Waals surface area contributed by atoms with Crippen molar-refractivity contribution < 1.29 is 9.90 Å². The Bertz CT molecular complexity index is 421. The lowest BCUT2D eigenvalue weighted by Crippen LogP contribution is -2.20. The first kappa shape index (κ1) is 14.3. The van der Waals surface area contributed by atoms with Gasteiger partial charge in [0.25, 0.3) is 0 Å². The van der Waals surface area contributed by atoms with Gasteiger partial charge in [-0.1, -0.05) is 20.3 Å². The summed E-state index contributed by atoms with van der Waals surface area (Å²) in [6.45, 7) is 6.37. The summed E-state index contributed by atoms with van der Waals surface area (Å²) in [7, 11) is 0. The second kappa shape index (κ2) is 6.23. The molecule has 1 aromatic heterocycles. The molecule has 0 bridgehead atoms. The van der Waals surface area contributed by atoms with Gasteiger partial charge in [0.15, 0.2) is 0 Å². The van der Waals surface area contributed by atoms with Crippen molar-refractivity contribution in [1.29, 1.82) is 0 Å². The number of hydrogen-bond donors (Lipinski definition) is 3. The molecule has 0 saturated carbocycles. The van der Waals surface area contributed by atoms with E-state index in [1.54, 1.807) is 0 Å². The molecule has 1 rings (SSSR count). The number of anilines is 2. The molecule has 5 heteroatoms. The van der Waals surface area contributed by atoms with Gasteiger partial charge in [-0.15, -0.1) is 0 Å². The standard InChI is InChI=1S/C13H21N3O2/c1-4-8(2)7-9(3)16-12-11(14)10(13(17)18)5-6-15-12/h5-6,8-9H,4,7,14H2,1-3H3,(H,15,16)(H,17,18). The van der Waals surface area contributed by atoms with Gasteiger partial charge in [-0.05, 0) is 25.3 Å². The second-order valence-corrected chi connectivity index (χ2v) is 4.72. The Morgan fingerprint density at radius 2 is 2.22 bits per heavy atom. The minimum atomic E-state index is -1.03. The van der Waals surface area contributed by atoms with Crippen LogP contribution in [0.5, 0.6) is 0 Å². The van der Waals surface area contributed by atoms with Crippen molar-refractivity contribution in [3.8, 4) is 0 Å². The van der Waals surface area contributed by atoms with Crippen LogP contribution in [0.15, 0.2) is 12.3 Å². The molecule has 2 unspecified atom stereocenters. The van der Waals surface area contributed by atoms with E-state index >= 15 is 0 Å². The van der Waals surface area contributed by atoms with Crippen molar-refractivity contribution in [3.63, 3.8) is 0 Å². The van der Waals surface area contributed by atoms with E-state index in [0.29, 0.717) is 11.7 Å². The maximum absolute atomic E-state index is 10.9. The Kier molecular flexibility index (Phi) is 4.95. The van der Waals surface area contributed by atoms with Crippen LogP contribution in [-0.4, -0.2) is 22.1 Å². The van der Waals surface area contributed by atoms with Crippen LogP contribution < -0.4 is 11.1 Å². The molecule has 0 saturated heterocycles. The molecule has 0 amide bonds. The summed E-state index contributed by atoms with van der Waals surface area (Å²) in [4.78, 5) is 15.0. The number of nitrogens with one attached hydrogen (secondary N) is 1. The number of rotatable bonds is 6. The maximum Gasteiger partial charge on any atom is 0.337 e. The third kappa shape index (κ3) is 3.61. The molecular formula is C13H21N3O2. The zero-order valence-corrected chi connectivity index (χ0v) is 11.1. The lowest BCUT2D eigenvalue weighted by atomic mass is 10.0. The minimum Gasteiger partial charge on any atom is -0.478 e. The van der Waals surface area contributed by atoms with E-state index in [2.05, 4.69) is 24.1 Å². The molecule has 0 aromatic carbocycles. The van der Waals surface area contributed by atoms with Crippen LogP contribution in [0.4, 0.5) is 11.5 Å². The lowest BCUT2D eigenvalue weighted by Gasteiger charge is -2.19. The summed E-state index contributed by atoms with van der Waals surface area (Å²) < 4.78 is 0. The Morgan fingerprint density at radius 3 is 2.78 bits per heavy atom. The number of pyridine rings is 1. The van der Waals surface area contributed by atoms with Gasteiger partial charge in [0.05, 0.1) is 11.3 Å². The van der Waals surface area contributed by atoms with Crippen molar-refractivity contribution in [3.05, 3.63) is 17.8 Å². The van der Waals surface area contributed by atoms with E-state index in [-0.39, 0.29) is 17.3 Å². The van der Waals surface area contributed by atoms with E-state index in [1.807, 2.05) is 6.92 Å². The third-order valence-corrected chi connectivity index (χ3v) is 3.06. The van der Waals surface area contributed by atoms with Gasteiger partial charge >= 0.3 is 5.97 Å². The van der Waals surface area contributed by atoms with E-state index in [0.717, 1.165) is 12.8 Å². The highest BCUT2D eigenvalue weighted by Gasteiger charge is 2.14. The molecule has 0 aliphatic rings. The number of aromatic carboxylic acids is 1. The topological polar surface area (TPSA) is 88.2 Å². The second-order valence-electron chi connectivity index (χ2n) is 4.72. The lowest BCUT2D eigenvalue weighted by molar-refractivity contribution is 0.0698. The van der Waals surface area contributed by atoms with Crippen molar-refractivity contribution in [2.75, 3.05) is 11.1 Å². The summed E-state index contributed by atoms with van der Waals surface area (Å²) in [5.74, 6) is 0.0228. The van der Waals surface area contributed by atoms with Gasteiger partial charge in [0.1, 0.15) is 5.82 Å². The van der Waals surface area contributed by atoms with Crippen LogP contribution >= 0.6 is 0 Å². The first-order valence-corrected chi connectivity index (χ1v) is 6.20. The van der Waals surface area contributed by atoms with Crippen molar-refractivity contribution in [2.45, 2.75) is 39.7 Å². The number of carboxylic acid groups (broad SMARTS) is 1. The van der Waals surface area contributed by atoms with E-state index in [4.69, 9.17) is 10.8 Å². The average molecular weight is 251 g/mol. The molecular weight excluding hydrogens is 230 g/mol. The molecule has 0 aliphatic heterocycles. The van der Waals surface area contributed by atoms with Gasteiger partial charge in [-0.25, -0.2) is 9.78 Å². The number of nitrogens with two attached hydrogens (primary N) is 1. The highest BCUT2D eigenvalue weighted by atomic mass is 16.4. The molecule has 0 aliphatic carbocycles. The predicted molar refractivity (Wildman–Crippen MR) is 72.8 cm³/mol. The molecule has 0 fully saturated rings. The van der Waals surface area contributed by atoms with Gasteiger partial charge in [-0.2, -0.15) is 0 Å². The normalized spacial score (nSPS) is 13.9. The summed E-state index contributed by atoms with van der Waals surface area (Å²) in [5.41, 5.74) is 6.07. The molecule has 18 heavy (non-hydrogen) atoms. The Hall–Kier alpha value is -1.78. The molecule has 0 spiro atoms. The van der Waals surface area contributed by atoms with Crippen molar-refractivity contribution >= 4 is 17.5 Å². The van der Waals surface area contributed by atoms with Crippen LogP contribution in [0.25, 0.3) is 0 Å². The van der Waals surface area contributed by atoms with E-state index < -0.39 is 5.97 Å². The van der Waals surface area contributed by atoms with Crippen LogP contribution in [0.2, 0.25) is 0 Å². The fourth-order valence-electron chi connectivity index (χ4n) is 1.84. The van der Waals surface area contributed by atoms with Gasteiger partial charge in [0, 0.05) is 12.2 Å². The van der Waals surface area contributed by atoms with Gasteiger partial charge < -0.3 is 16.2 Å². The van der Waals surface area contributed by atoms with Crippen LogP contribution in [0.1, 0.15) is 44.0 Å². The first-order valence-electron chi connectivity index (χ1n) is 6.20. The number of nitrogen functional groups attached to an aromatic ring is 1. The van der Waals surface area contributed by atoms with Crippen molar-refractivity contribution in [2.24, 2.45) is 5.92 Å². The Morgan fingerprint density at radius 1 is 1.56 bits per heavy atom. The fraction of sp³-hybridized carbons (Fsp3) is 0.538. The molecule has 0 radical (unpaired) electrons. The number of aromatic nitrogens is 1. The summed E-state index contributed by atoms with van der Waals surface area (Å²) in [6, 6.07) is 1.61. The third-order valence-electron chi connectivity index (χ3n) is 3.06. The van der Waals surface area contributed by atoms with Crippen LogP contribution in [0, 0.1) is 5.92 Å². The smallest absolute Gasteiger partial charge is 0.337 e. The SMILES string of the molecule is CCC(C)CC(C)Nc1nccc(C(=O)O)c1N. The predicted octanol–water partition coefficient (Wildman–Crippen LogP) is 2.60. The molecule has 1 aromatic rings. The minimum absolute atomic E-state index is 0.0863. The number of carbonyl (C=O) groups is 1. The van der Waals surface area contributed by atoms with Gasteiger partial charge in [-0.3, -0.25) is 0 Å². The summed E-state index contributed by atoms with van der Waals surface area (Å²) in [5, 5.41) is 12.1. The zero-order chi connectivity index (χ0) is 13.7. The highest BCUT2D eigenvalue weighted by molar-refractivity contribution is 5.96. The van der Waals surface area contributed by atoms with Crippen LogP contribution in [-0.2, 0) is 0 Å². The van der Waals surface area contributed by atoms with Gasteiger partial charge in [0.2, 0.25) is 0 Å². The first-order chi connectivity index (χ1) is 8.45. The summed E-state index contributed by atoms with van der Waals surface area (Å²) >= 11 is 0. The molecule has 100 valence electrons. The molecule has 5 nitrogen and oxygen atoms in total. The largest absolute Gasteiger partial charge is 0.478 e. The van der Waals surface area contributed by atoms with E-state index in [9.17, 15) is 4.79 Å². The number of hydrogen-bond acceptors (Lipinski definition) is 4. The average Bonchev–Trinajstić information content (AvgIpc) is 2.31. The fourth-order valence-corrected chi connectivity index (χ4v) is 1.84. The monoisotopic (exact) mass is 251 g/mol. The Labute approximate surface area is 107 Å². The Balaban J connectivity index is 2.79.